The summed E-state index contributed by atoms with van der Waals surface area (Å²) in [4.78, 5) is 0. The lowest BCUT2D eigenvalue weighted by molar-refractivity contribution is 0.218. The normalized spacial score (nSPS) is 11.8. The number of aryl methyl sites for hydroxylation is 2. The Morgan fingerprint density at radius 1 is 1.29 bits per heavy atom. The Labute approximate surface area is 86.8 Å². The van der Waals surface area contributed by atoms with Crippen molar-refractivity contribution >= 4 is 0 Å². The van der Waals surface area contributed by atoms with Crippen LogP contribution < -0.4 is 0 Å². The molecule has 0 aromatic heterocycles. The first-order valence-corrected chi connectivity index (χ1v) is 5.22. The van der Waals surface area contributed by atoms with Gasteiger partial charge < -0.3 is 5.11 Å². The second-order valence-electron chi connectivity index (χ2n) is 4.54. The lowest BCUT2D eigenvalue weighted by Gasteiger charge is -2.23. The monoisotopic (exact) mass is 192 g/mol. The standard InChI is InChI=1S/C13H20O/c1-5-11-8-12(7-6-10(11)2)13(3,4)9-14/h6-8,14H,5,9H2,1-4H3. The van der Waals surface area contributed by atoms with Gasteiger partial charge in [-0.15, -0.1) is 0 Å². The van der Waals surface area contributed by atoms with Crippen molar-refractivity contribution in [3.05, 3.63) is 34.9 Å². The van der Waals surface area contributed by atoms with Crippen LogP contribution in [0.2, 0.25) is 0 Å². The third-order valence-corrected chi connectivity index (χ3v) is 2.91. The molecule has 0 aliphatic carbocycles. The molecule has 0 unspecified atom stereocenters. The fraction of sp³-hybridized carbons (Fsp3) is 0.538. The summed E-state index contributed by atoms with van der Waals surface area (Å²) >= 11 is 0. The fourth-order valence-electron chi connectivity index (χ4n) is 1.56. The minimum atomic E-state index is -0.127. The van der Waals surface area contributed by atoms with Crippen molar-refractivity contribution in [3.63, 3.8) is 0 Å². The van der Waals surface area contributed by atoms with Gasteiger partial charge in [0.1, 0.15) is 0 Å². The summed E-state index contributed by atoms with van der Waals surface area (Å²) in [5.74, 6) is 0. The summed E-state index contributed by atoms with van der Waals surface area (Å²) in [6, 6.07) is 6.47. The fourth-order valence-corrected chi connectivity index (χ4v) is 1.56. The Morgan fingerprint density at radius 3 is 2.43 bits per heavy atom. The lowest BCUT2D eigenvalue weighted by atomic mass is 9.84. The first kappa shape index (κ1) is 11.3. The maximum Gasteiger partial charge on any atom is 0.0522 e. The molecule has 0 saturated carbocycles. The number of benzene rings is 1. The molecule has 0 fully saturated rings. The Kier molecular flexibility index (Phi) is 3.33. The predicted octanol–water partition coefficient (Wildman–Crippen LogP) is 2.83. The van der Waals surface area contributed by atoms with Crippen LogP contribution in [0.1, 0.15) is 37.5 Å². The minimum Gasteiger partial charge on any atom is -0.395 e. The van der Waals surface area contributed by atoms with Crippen molar-refractivity contribution in [2.24, 2.45) is 0 Å². The first-order chi connectivity index (χ1) is 6.51. The minimum absolute atomic E-state index is 0.127. The summed E-state index contributed by atoms with van der Waals surface area (Å²) in [7, 11) is 0. The highest BCUT2D eigenvalue weighted by molar-refractivity contribution is 5.34. The van der Waals surface area contributed by atoms with Crippen LogP contribution in [-0.4, -0.2) is 11.7 Å². The maximum atomic E-state index is 9.28. The zero-order chi connectivity index (χ0) is 10.8. The molecule has 0 heterocycles. The molecule has 0 radical (unpaired) electrons. The maximum absolute atomic E-state index is 9.28. The topological polar surface area (TPSA) is 20.2 Å². The van der Waals surface area contributed by atoms with Gasteiger partial charge in [-0.25, -0.2) is 0 Å². The number of rotatable bonds is 3. The van der Waals surface area contributed by atoms with Crippen LogP contribution in [0.4, 0.5) is 0 Å². The molecule has 1 aromatic carbocycles. The number of hydrogen-bond donors (Lipinski definition) is 1. The molecule has 78 valence electrons. The molecule has 1 rings (SSSR count). The molecule has 0 saturated heterocycles. The molecule has 1 aromatic rings. The van der Waals surface area contributed by atoms with Crippen LogP contribution in [0.3, 0.4) is 0 Å². The van der Waals surface area contributed by atoms with E-state index in [9.17, 15) is 5.11 Å². The van der Waals surface area contributed by atoms with Gasteiger partial charge in [-0.2, -0.15) is 0 Å². The number of aliphatic hydroxyl groups is 1. The van der Waals surface area contributed by atoms with Crippen molar-refractivity contribution in [1.29, 1.82) is 0 Å². The van der Waals surface area contributed by atoms with Crippen LogP contribution in [0, 0.1) is 6.92 Å². The van der Waals surface area contributed by atoms with E-state index in [2.05, 4.69) is 45.9 Å². The van der Waals surface area contributed by atoms with E-state index in [4.69, 9.17) is 0 Å². The van der Waals surface area contributed by atoms with Gasteiger partial charge in [0.05, 0.1) is 6.61 Å². The van der Waals surface area contributed by atoms with Gasteiger partial charge in [0.2, 0.25) is 0 Å². The van der Waals surface area contributed by atoms with Gasteiger partial charge in [0.25, 0.3) is 0 Å². The zero-order valence-electron chi connectivity index (χ0n) is 9.59. The van der Waals surface area contributed by atoms with E-state index in [0.717, 1.165) is 6.42 Å². The Balaban J connectivity index is 3.12. The Morgan fingerprint density at radius 2 is 1.93 bits per heavy atom. The first-order valence-electron chi connectivity index (χ1n) is 5.22. The third kappa shape index (κ3) is 2.16. The van der Waals surface area contributed by atoms with Crippen molar-refractivity contribution in [1.82, 2.24) is 0 Å². The average Bonchev–Trinajstić information content (AvgIpc) is 2.18. The second-order valence-corrected chi connectivity index (χ2v) is 4.54. The number of hydrogen-bond acceptors (Lipinski definition) is 1. The van der Waals surface area contributed by atoms with E-state index in [1.54, 1.807) is 0 Å². The molecule has 1 heteroatoms. The van der Waals surface area contributed by atoms with Crippen molar-refractivity contribution in [3.8, 4) is 0 Å². The summed E-state index contributed by atoms with van der Waals surface area (Å²) in [5, 5.41) is 9.28. The second kappa shape index (κ2) is 4.14. The van der Waals surface area contributed by atoms with E-state index in [-0.39, 0.29) is 12.0 Å². The quantitative estimate of drug-likeness (QED) is 0.780. The third-order valence-electron chi connectivity index (χ3n) is 2.91. The Hall–Kier alpha value is -0.820. The molecule has 1 N–H and O–H groups in total. The van der Waals surface area contributed by atoms with Gasteiger partial charge in [0, 0.05) is 5.41 Å². The van der Waals surface area contributed by atoms with Gasteiger partial charge in [0.15, 0.2) is 0 Å². The van der Waals surface area contributed by atoms with E-state index in [0.29, 0.717) is 0 Å². The summed E-state index contributed by atoms with van der Waals surface area (Å²) < 4.78 is 0. The lowest BCUT2D eigenvalue weighted by Crippen LogP contribution is -2.22. The summed E-state index contributed by atoms with van der Waals surface area (Å²) in [6.07, 6.45) is 1.06. The van der Waals surface area contributed by atoms with E-state index in [1.165, 1.54) is 16.7 Å². The molecule has 0 spiro atoms. The molecule has 0 aliphatic heterocycles. The van der Waals surface area contributed by atoms with Gasteiger partial charge in [-0.3, -0.25) is 0 Å². The van der Waals surface area contributed by atoms with Crippen LogP contribution in [0.5, 0.6) is 0 Å². The van der Waals surface area contributed by atoms with Gasteiger partial charge in [-0.1, -0.05) is 39.0 Å². The van der Waals surface area contributed by atoms with E-state index < -0.39 is 0 Å². The highest BCUT2D eigenvalue weighted by Gasteiger charge is 2.19. The molecule has 0 atom stereocenters. The predicted molar refractivity (Wildman–Crippen MR) is 60.7 cm³/mol. The molecular weight excluding hydrogens is 172 g/mol. The van der Waals surface area contributed by atoms with E-state index in [1.807, 2.05) is 0 Å². The number of aliphatic hydroxyl groups excluding tert-OH is 1. The SMILES string of the molecule is CCc1cc(C(C)(C)CO)ccc1C. The van der Waals surface area contributed by atoms with Gasteiger partial charge >= 0.3 is 0 Å². The molecule has 1 nitrogen and oxygen atoms in total. The summed E-state index contributed by atoms with van der Waals surface area (Å²) in [5.41, 5.74) is 3.81. The molecule has 0 amide bonds. The van der Waals surface area contributed by atoms with Crippen LogP contribution in [-0.2, 0) is 11.8 Å². The van der Waals surface area contributed by atoms with Crippen molar-refractivity contribution in [2.45, 2.75) is 39.5 Å². The molecule has 0 bridgehead atoms. The van der Waals surface area contributed by atoms with E-state index >= 15 is 0 Å². The zero-order valence-corrected chi connectivity index (χ0v) is 9.59. The molecular formula is C13H20O. The highest BCUT2D eigenvalue weighted by Crippen LogP contribution is 2.24. The smallest absolute Gasteiger partial charge is 0.0522 e. The van der Waals surface area contributed by atoms with Crippen LogP contribution in [0.15, 0.2) is 18.2 Å². The average molecular weight is 192 g/mol. The molecule has 0 aliphatic rings. The van der Waals surface area contributed by atoms with Crippen molar-refractivity contribution in [2.75, 3.05) is 6.61 Å². The largest absolute Gasteiger partial charge is 0.395 e. The summed E-state index contributed by atoms with van der Waals surface area (Å²) in [6.45, 7) is 8.63. The van der Waals surface area contributed by atoms with Gasteiger partial charge in [-0.05, 0) is 30.0 Å². The van der Waals surface area contributed by atoms with Crippen molar-refractivity contribution < 1.29 is 5.11 Å². The molecule has 14 heavy (non-hydrogen) atoms. The highest BCUT2D eigenvalue weighted by atomic mass is 16.3. The van der Waals surface area contributed by atoms with Crippen LogP contribution in [0.25, 0.3) is 0 Å². The van der Waals surface area contributed by atoms with Crippen LogP contribution >= 0.6 is 0 Å². The Bertz CT molecular complexity index is 313.